The smallest absolute Gasteiger partial charge is 0.0756 e. The van der Waals surface area contributed by atoms with Gasteiger partial charge in [0.05, 0.1) is 5.60 Å². The van der Waals surface area contributed by atoms with Crippen LogP contribution >= 0.6 is 0 Å². The lowest BCUT2D eigenvalue weighted by Crippen LogP contribution is -2.36. The molecule has 1 heteroatoms. The maximum absolute atomic E-state index is 9.96. The highest BCUT2D eigenvalue weighted by atomic mass is 16.3. The lowest BCUT2D eigenvalue weighted by Gasteiger charge is -2.39. The molecule has 1 rings (SSSR count). The van der Waals surface area contributed by atoms with Gasteiger partial charge in [0.1, 0.15) is 0 Å². The fourth-order valence-electron chi connectivity index (χ4n) is 1.76. The van der Waals surface area contributed by atoms with Crippen molar-refractivity contribution in [2.45, 2.75) is 51.6 Å². The molecular formula is C11H18O. The normalized spacial score (nSPS) is 26.2. The molecule has 0 saturated heterocycles. The number of rotatable bonds is 1. The van der Waals surface area contributed by atoms with Crippen molar-refractivity contribution in [2.24, 2.45) is 5.41 Å². The Morgan fingerprint density at radius 3 is 2.17 bits per heavy atom. The van der Waals surface area contributed by atoms with Crippen molar-refractivity contribution in [3.63, 3.8) is 0 Å². The lowest BCUT2D eigenvalue weighted by molar-refractivity contribution is -0.0213. The molecule has 12 heavy (non-hydrogen) atoms. The maximum atomic E-state index is 9.96. The molecule has 1 saturated carbocycles. The molecule has 0 aromatic rings. The van der Waals surface area contributed by atoms with Crippen molar-refractivity contribution in [3.05, 3.63) is 0 Å². The quantitative estimate of drug-likeness (QED) is 0.593. The first kappa shape index (κ1) is 9.61. The SMILES string of the molecule is C#CCC1(O)CCC(C)(C)CC1. The number of aliphatic hydroxyl groups is 1. The van der Waals surface area contributed by atoms with Crippen LogP contribution in [0.15, 0.2) is 0 Å². The van der Waals surface area contributed by atoms with Gasteiger partial charge in [-0.05, 0) is 31.1 Å². The summed E-state index contributed by atoms with van der Waals surface area (Å²) >= 11 is 0. The van der Waals surface area contributed by atoms with Crippen molar-refractivity contribution >= 4 is 0 Å². The predicted molar refractivity (Wildman–Crippen MR) is 50.6 cm³/mol. The molecule has 1 N–H and O–H groups in total. The van der Waals surface area contributed by atoms with Crippen LogP contribution in [0.1, 0.15) is 46.0 Å². The molecule has 0 aliphatic heterocycles. The molecule has 1 aliphatic rings. The maximum Gasteiger partial charge on any atom is 0.0756 e. The molecule has 1 fully saturated rings. The van der Waals surface area contributed by atoms with Gasteiger partial charge in [0, 0.05) is 6.42 Å². The minimum Gasteiger partial charge on any atom is -0.389 e. The summed E-state index contributed by atoms with van der Waals surface area (Å²) in [6.07, 6.45) is 9.63. The van der Waals surface area contributed by atoms with Gasteiger partial charge in [0.15, 0.2) is 0 Å². The summed E-state index contributed by atoms with van der Waals surface area (Å²) in [5.41, 5.74) is -0.148. The van der Waals surface area contributed by atoms with Gasteiger partial charge in [-0.15, -0.1) is 12.3 Å². The Bertz CT molecular complexity index is 188. The van der Waals surface area contributed by atoms with Crippen molar-refractivity contribution in [2.75, 3.05) is 0 Å². The summed E-state index contributed by atoms with van der Waals surface area (Å²) in [4.78, 5) is 0. The minimum absolute atomic E-state index is 0.404. The van der Waals surface area contributed by atoms with Gasteiger partial charge < -0.3 is 5.11 Å². The van der Waals surface area contributed by atoms with Crippen LogP contribution in [-0.2, 0) is 0 Å². The molecule has 0 atom stereocenters. The van der Waals surface area contributed by atoms with Crippen LogP contribution in [-0.4, -0.2) is 10.7 Å². The second kappa shape index (κ2) is 3.11. The third-order valence-corrected chi connectivity index (χ3v) is 2.97. The van der Waals surface area contributed by atoms with E-state index < -0.39 is 5.60 Å². The van der Waals surface area contributed by atoms with Crippen molar-refractivity contribution < 1.29 is 5.11 Å². The highest BCUT2D eigenvalue weighted by Gasteiger charge is 2.35. The summed E-state index contributed by atoms with van der Waals surface area (Å²) in [5.74, 6) is 2.56. The highest BCUT2D eigenvalue weighted by molar-refractivity contribution is 4.98. The fraction of sp³-hybridized carbons (Fsp3) is 0.818. The van der Waals surface area contributed by atoms with Crippen molar-refractivity contribution in [3.8, 4) is 12.3 Å². The first-order valence-electron chi connectivity index (χ1n) is 4.63. The van der Waals surface area contributed by atoms with E-state index in [-0.39, 0.29) is 0 Å². The third-order valence-electron chi connectivity index (χ3n) is 2.97. The molecule has 0 aromatic heterocycles. The van der Waals surface area contributed by atoms with E-state index in [1.807, 2.05) is 0 Å². The van der Waals surface area contributed by atoms with Crippen LogP contribution in [0.5, 0.6) is 0 Å². The summed E-state index contributed by atoms with van der Waals surface area (Å²) in [7, 11) is 0. The third kappa shape index (κ3) is 2.25. The van der Waals surface area contributed by atoms with E-state index in [9.17, 15) is 5.11 Å². The van der Waals surface area contributed by atoms with E-state index >= 15 is 0 Å². The topological polar surface area (TPSA) is 20.2 Å². The fourth-order valence-corrected chi connectivity index (χ4v) is 1.76. The first-order chi connectivity index (χ1) is 5.47. The van der Waals surface area contributed by atoms with E-state index in [1.165, 1.54) is 0 Å². The Morgan fingerprint density at radius 1 is 1.25 bits per heavy atom. The lowest BCUT2D eigenvalue weighted by atomic mass is 9.70. The largest absolute Gasteiger partial charge is 0.389 e. The zero-order valence-electron chi connectivity index (χ0n) is 8.06. The minimum atomic E-state index is -0.551. The molecule has 1 nitrogen and oxygen atoms in total. The van der Waals surface area contributed by atoms with Crippen LogP contribution in [0.4, 0.5) is 0 Å². The zero-order valence-corrected chi connectivity index (χ0v) is 8.06. The highest BCUT2D eigenvalue weighted by Crippen LogP contribution is 2.41. The monoisotopic (exact) mass is 166 g/mol. The molecule has 0 spiro atoms. The molecule has 0 bridgehead atoms. The average Bonchev–Trinajstić information content (AvgIpc) is 1.98. The van der Waals surface area contributed by atoms with Crippen LogP contribution in [0.2, 0.25) is 0 Å². The molecule has 0 radical (unpaired) electrons. The summed E-state index contributed by atoms with van der Waals surface area (Å²) in [6.45, 7) is 4.50. The Morgan fingerprint density at radius 2 is 1.75 bits per heavy atom. The molecule has 0 heterocycles. The molecule has 1 aliphatic carbocycles. The second-order valence-electron chi connectivity index (χ2n) is 4.77. The first-order valence-corrected chi connectivity index (χ1v) is 4.63. The van der Waals surface area contributed by atoms with E-state index in [0.717, 1.165) is 25.7 Å². The van der Waals surface area contributed by atoms with E-state index in [2.05, 4.69) is 19.8 Å². The van der Waals surface area contributed by atoms with Gasteiger partial charge in [0.2, 0.25) is 0 Å². The molecule has 0 aromatic carbocycles. The number of hydrogen-bond donors (Lipinski definition) is 1. The molecule has 0 amide bonds. The Kier molecular flexibility index (Phi) is 2.49. The van der Waals surface area contributed by atoms with Gasteiger partial charge in [-0.3, -0.25) is 0 Å². The van der Waals surface area contributed by atoms with E-state index in [0.29, 0.717) is 11.8 Å². The van der Waals surface area contributed by atoms with Crippen molar-refractivity contribution in [1.29, 1.82) is 0 Å². The van der Waals surface area contributed by atoms with Gasteiger partial charge in [-0.25, -0.2) is 0 Å². The summed E-state index contributed by atoms with van der Waals surface area (Å²) in [5, 5.41) is 9.96. The van der Waals surface area contributed by atoms with Crippen LogP contribution in [0, 0.1) is 17.8 Å². The standard InChI is InChI=1S/C11H18O/c1-4-5-11(12)8-6-10(2,3)7-9-11/h1,12H,5-9H2,2-3H3. The Labute approximate surface area is 75.2 Å². The average molecular weight is 166 g/mol. The molecule has 0 unspecified atom stereocenters. The Balaban J connectivity index is 2.51. The predicted octanol–water partition coefficient (Wildman–Crippen LogP) is 2.34. The number of terminal acetylenes is 1. The van der Waals surface area contributed by atoms with Crippen LogP contribution in [0.3, 0.4) is 0 Å². The Hall–Kier alpha value is -0.480. The summed E-state index contributed by atoms with van der Waals surface area (Å²) in [6, 6.07) is 0. The molecular weight excluding hydrogens is 148 g/mol. The molecule has 68 valence electrons. The van der Waals surface area contributed by atoms with Crippen LogP contribution < -0.4 is 0 Å². The van der Waals surface area contributed by atoms with Gasteiger partial charge in [-0.1, -0.05) is 13.8 Å². The van der Waals surface area contributed by atoms with E-state index in [1.54, 1.807) is 0 Å². The zero-order chi connectivity index (χ0) is 9.24. The number of hydrogen-bond acceptors (Lipinski definition) is 1. The van der Waals surface area contributed by atoms with Crippen molar-refractivity contribution in [1.82, 2.24) is 0 Å². The van der Waals surface area contributed by atoms with E-state index in [4.69, 9.17) is 6.42 Å². The second-order valence-corrected chi connectivity index (χ2v) is 4.77. The summed E-state index contributed by atoms with van der Waals surface area (Å²) < 4.78 is 0. The van der Waals surface area contributed by atoms with Gasteiger partial charge in [-0.2, -0.15) is 0 Å². The van der Waals surface area contributed by atoms with Gasteiger partial charge in [0.25, 0.3) is 0 Å². The van der Waals surface area contributed by atoms with Crippen LogP contribution in [0.25, 0.3) is 0 Å². The van der Waals surface area contributed by atoms with Gasteiger partial charge >= 0.3 is 0 Å².